The Morgan fingerprint density at radius 3 is 2.56 bits per heavy atom. The number of hydrogen-bond acceptors (Lipinski definition) is 5. The minimum atomic E-state index is -2.95. The zero-order chi connectivity index (χ0) is 13.9. The maximum Gasteiger partial charge on any atom is 0.148 e. The van der Waals surface area contributed by atoms with Crippen LogP contribution in [0.15, 0.2) is 6.20 Å². The van der Waals surface area contributed by atoms with E-state index in [-0.39, 0.29) is 11.8 Å². The van der Waals surface area contributed by atoms with Crippen LogP contribution in [0.3, 0.4) is 0 Å². The van der Waals surface area contributed by atoms with Crippen LogP contribution in [0.4, 0.5) is 0 Å². The number of aromatic nitrogens is 2. The molecule has 0 spiro atoms. The zero-order valence-electron chi connectivity index (χ0n) is 11.4. The van der Waals surface area contributed by atoms with Gasteiger partial charge in [0.05, 0.1) is 18.0 Å². The molecule has 0 saturated heterocycles. The number of nitrogens with two attached hydrogens (primary N) is 1. The van der Waals surface area contributed by atoms with Crippen LogP contribution in [-0.4, -0.2) is 55.2 Å². The Morgan fingerprint density at radius 1 is 1.56 bits per heavy atom. The summed E-state index contributed by atoms with van der Waals surface area (Å²) in [6.07, 6.45) is 3.04. The minimum Gasteiger partial charge on any atom is -0.329 e. The van der Waals surface area contributed by atoms with Gasteiger partial charge in [0.2, 0.25) is 0 Å². The van der Waals surface area contributed by atoms with Gasteiger partial charge in [0.25, 0.3) is 0 Å². The van der Waals surface area contributed by atoms with Gasteiger partial charge < -0.3 is 5.73 Å². The molecule has 0 amide bonds. The second-order valence-corrected chi connectivity index (χ2v) is 6.93. The molecule has 0 bridgehead atoms. The molecule has 0 aliphatic carbocycles. The van der Waals surface area contributed by atoms with E-state index in [0.717, 1.165) is 11.3 Å². The normalized spacial score (nSPS) is 14.1. The number of likely N-dealkylation sites (N-methyl/N-ethyl adjacent to an activating group) is 1. The van der Waals surface area contributed by atoms with Gasteiger partial charge in [0, 0.05) is 37.7 Å². The molecular formula is C11H22N4O2S. The van der Waals surface area contributed by atoms with Crippen molar-refractivity contribution in [2.45, 2.75) is 13.0 Å². The molecule has 0 saturated carbocycles. The predicted molar refractivity (Wildman–Crippen MR) is 72.1 cm³/mol. The summed E-state index contributed by atoms with van der Waals surface area (Å²) in [6, 6.07) is 0.000417. The van der Waals surface area contributed by atoms with Gasteiger partial charge in [0.15, 0.2) is 0 Å². The molecule has 1 unspecified atom stereocenters. The van der Waals surface area contributed by atoms with Crippen molar-refractivity contribution < 1.29 is 8.42 Å². The van der Waals surface area contributed by atoms with Gasteiger partial charge in [0.1, 0.15) is 9.84 Å². The lowest BCUT2D eigenvalue weighted by Gasteiger charge is -2.26. The Balaban J connectivity index is 2.80. The third-order valence-electron chi connectivity index (χ3n) is 3.20. The summed E-state index contributed by atoms with van der Waals surface area (Å²) in [5, 5.41) is 4.19. The average molecular weight is 274 g/mol. The SMILES string of the molecule is Cc1c(C(CN)N(C)CCS(C)(=O)=O)cnn1C. The highest BCUT2D eigenvalue weighted by atomic mass is 32.2. The van der Waals surface area contributed by atoms with Crippen molar-refractivity contribution in [3.63, 3.8) is 0 Å². The van der Waals surface area contributed by atoms with E-state index in [0.29, 0.717) is 13.1 Å². The van der Waals surface area contributed by atoms with E-state index in [2.05, 4.69) is 5.10 Å². The van der Waals surface area contributed by atoms with Crippen molar-refractivity contribution in [2.24, 2.45) is 12.8 Å². The maximum absolute atomic E-state index is 11.2. The summed E-state index contributed by atoms with van der Waals surface area (Å²) >= 11 is 0. The van der Waals surface area contributed by atoms with E-state index < -0.39 is 9.84 Å². The van der Waals surface area contributed by atoms with Crippen molar-refractivity contribution >= 4 is 9.84 Å². The van der Waals surface area contributed by atoms with E-state index in [9.17, 15) is 8.42 Å². The van der Waals surface area contributed by atoms with E-state index in [1.807, 2.05) is 25.9 Å². The average Bonchev–Trinajstić information content (AvgIpc) is 2.59. The van der Waals surface area contributed by atoms with Crippen LogP contribution in [0.1, 0.15) is 17.3 Å². The van der Waals surface area contributed by atoms with Crippen LogP contribution in [0.25, 0.3) is 0 Å². The van der Waals surface area contributed by atoms with Gasteiger partial charge in [-0.1, -0.05) is 0 Å². The van der Waals surface area contributed by atoms with Gasteiger partial charge in [-0.05, 0) is 14.0 Å². The van der Waals surface area contributed by atoms with Crippen LogP contribution >= 0.6 is 0 Å². The van der Waals surface area contributed by atoms with E-state index in [4.69, 9.17) is 5.73 Å². The topological polar surface area (TPSA) is 81.2 Å². The van der Waals surface area contributed by atoms with Gasteiger partial charge in [-0.25, -0.2) is 8.42 Å². The fourth-order valence-electron chi connectivity index (χ4n) is 1.85. The van der Waals surface area contributed by atoms with E-state index in [1.165, 1.54) is 6.26 Å². The molecule has 0 fully saturated rings. The predicted octanol–water partition coefficient (Wildman–Crippen LogP) is -0.295. The van der Waals surface area contributed by atoms with Crippen molar-refractivity contribution in [1.82, 2.24) is 14.7 Å². The molecule has 0 aliphatic rings. The Morgan fingerprint density at radius 2 is 2.17 bits per heavy atom. The fourth-order valence-corrected chi connectivity index (χ4v) is 2.47. The summed E-state index contributed by atoms with van der Waals surface area (Å²) in [5.41, 5.74) is 7.90. The molecule has 1 heterocycles. The smallest absolute Gasteiger partial charge is 0.148 e. The molecule has 7 heteroatoms. The Labute approximate surface area is 109 Å². The number of rotatable bonds is 6. The Hall–Kier alpha value is -0.920. The summed E-state index contributed by atoms with van der Waals surface area (Å²) in [7, 11) is 0.811. The molecule has 1 rings (SSSR count). The molecule has 2 N–H and O–H groups in total. The number of nitrogens with zero attached hydrogens (tertiary/aromatic N) is 3. The first-order chi connectivity index (χ1) is 8.26. The standard InChI is InChI=1S/C11H22N4O2S/c1-9-10(8-13-15(9)3)11(7-12)14(2)5-6-18(4,16)17/h8,11H,5-7,12H2,1-4H3. The lowest BCUT2D eigenvalue weighted by Crippen LogP contribution is -2.34. The van der Waals surface area contributed by atoms with Crippen molar-refractivity contribution in [2.75, 3.05) is 32.1 Å². The van der Waals surface area contributed by atoms with Gasteiger partial charge >= 0.3 is 0 Å². The number of aryl methyl sites for hydroxylation is 1. The van der Waals surface area contributed by atoms with Crippen LogP contribution in [0.2, 0.25) is 0 Å². The van der Waals surface area contributed by atoms with Gasteiger partial charge in [-0.15, -0.1) is 0 Å². The molecule has 0 radical (unpaired) electrons. The lowest BCUT2D eigenvalue weighted by atomic mass is 10.1. The fraction of sp³-hybridized carbons (Fsp3) is 0.727. The molecule has 6 nitrogen and oxygen atoms in total. The first-order valence-electron chi connectivity index (χ1n) is 5.82. The molecule has 1 atom stereocenters. The molecule has 1 aromatic heterocycles. The summed E-state index contributed by atoms with van der Waals surface area (Å²) < 4.78 is 24.2. The quantitative estimate of drug-likeness (QED) is 0.770. The molecular weight excluding hydrogens is 252 g/mol. The molecule has 0 aromatic carbocycles. The third kappa shape index (κ3) is 3.79. The zero-order valence-corrected chi connectivity index (χ0v) is 12.2. The minimum absolute atomic E-state index is 0.000417. The lowest BCUT2D eigenvalue weighted by molar-refractivity contribution is 0.263. The highest BCUT2D eigenvalue weighted by molar-refractivity contribution is 7.90. The first-order valence-corrected chi connectivity index (χ1v) is 7.89. The largest absolute Gasteiger partial charge is 0.329 e. The second kappa shape index (κ2) is 5.81. The highest BCUT2D eigenvalue weighted by Crippen LogP contribution is 2.20. The van der Waals surface area contributed by atoms with E-state index in [1.54, 1.807) is 10.9 Å². The number of sulfone groups is 1. The molecule has 18 heavy (non-hydrogen) atoms. The summed E-state index contributed by atoms with van der Waals surface area (Å²) in [4.78, 5) is 1.96. The Kier molecular flexibility index (Phi) is 4.89. The van der Waals surface area contributed by atoms with E-state index >= 15 is 0 Å². The van der Waals surface area contributed by atoms with Gasteiger partial charge in [-0.2, -0.15) is 5.10 Å². The van der Waals surface area contributed by atoms with Gasteiger partial charge in [-0.3, -0.25) is 9.58 Å². The first kappa shape index (κ1) is 15.1. The molecule has 104 valence electrons. The monoisotopic (exact) mass is 274 g/mol. The van der Waals surface area contributed by atoms with Crippen LogP contribution in [0, 0.1) is 6.92 Å². The van der Waals surface area contributed by atoms with Crippen LogP contribution in [0.5, 0.6) is 0 Å². The third-order valence-corrected chi connectivity index (χ3v) is 4.13. The molecule has 1 aromatic rings. The summed E-state index contributed by atoms with van der Waals surface area (Å²) in [6.45, 7) is 2.89. The van der Waals surface area contributed by atoms with Crippen molar-refractivity contribution in [3.05, 3.63) is 17.5 Å². The van der Waals surface area contributed by atoms with Crippen LogP contribution in [-0.2, 0) is 16.9 Å². The van der Waals surface area contributed by atoms with Crippen molar-refractivity contribution in [1.29, 1.82) is 0 Å². The van der Waals surface area contributed by atoms with Crippen molar-refractivity contribution in [3.8, 4) is 0 Å². The molecule has 0 aliphatic heterocycles. The Bertz CT molecular complexity index is 495. The second-order valence-electron chi connectivity index (χ2n) is 4.67. The number of hydrogen-bond donors (Lipinski definition) is 1. The van der Waals surface area contributed by atoms with Crippen LogP contribution < -0.4 is 5.73 Å². The maximum atomic E-state index is 11.2. The summed E-state index contributed by atoms with van der Waals surface area (Å²) in [5.74, 6) is 0.138. The highest BCUT2D eigenvalue weighted by Gasteiger charge is 2.20.